The summed E-state index contributed by atoms with van der Waals surface area (Å²) in [6.07, 6.45) is 1.81. The van der Waals surface area contributed by atoms with Crippen LogP contribution in [0.5, 0.6) is 5.75 Å². The van der Waals surface area contributed by atoms with Crippen molar-refractivity contribution in [3.63, 3.8) is 0 Å². The molecule has 5 nitrogen and oxygen atoms in total. The first kappa shape index (κ1) is 17.6. The van der Waals surface area contributed by atoms with Crippen LogP contribution in [-0.2, 0) is 0 Å². The fourth-order valence-corrected chi connectivity index (χ4v) is 2.08. The normalized spacial score (nSPS) is 11.0. The molecule has 0 aromatic heterocycles. The average Bonchev–Trinajstić information content (AvgIpc) is 2.56. The van der Waals surface area contributed by atoms with E-state index in [2.05, 4.69) is 22.5 Å². The summed E-state index contributed by atoms with van der Waals surface area (Å²) in [5.41, 5.74) is 1.70. The lowest BCUT2D eigenvalue weighted by atomic mass is 10.1. The Hall–Kier alpha value is -2.73. The summed E-state index contributed by atoms with van der Waals surface area (Å²) in [5.74, 6) is -0.198. The highest BCUT2D eigenvalue weighted by molar-refractivity contribution is 9.12. The van der Waals surface area contributed by atoms with Crippen molar-refractivity contribution < 1.29 is 14.5 Å². The Bertz CT molecular complexity index is 825. The van der Waals surface area contributed by atoms with E-state index in [4.69, 9.17) is 4.74 Å². The van der Waals surface area contributed by atoms with Crippen molar-refractivity contribution in [2.45, 2.75) is 6.92 Å². The third-order valence-corrected chi connectivity index (χ3v) is 4.03. The molecule has 2 aromatic carbocycles. The van der Waals surface area contributed by atoms with E-state index in [1.165, 1.54) is 24.3 Å². The molecule has 0 N–H and O–H groups in total. The molecule has 0 aliphatic heterocycles. The minimum atomic E-state index is -0.586. The van der Waals surface area contributed by atoms with E-state index in [0.717, 1.165) is 10.1 Å². The minimum Gasteiger partial charge on any atom is -0.422 e. The molecular weight excluding hydrogens is 374 g/mol. The molecule has 0 amide bonds. The van der Waals surface area contributed by atoms with Crippen LogP contribution in [0, 0.1) is 10.1 Å². The topological polar surface area (TPSA) is 69.4 Å². The highest BCUT2D eigenvalue weighted by atomic mass is 79.9. The van der Waals surface area contributed by atoms with E-state index < -0.39 is 10.9 Å². The Balaban J connectivity index is 2.25. The van der Waals surface area contributed by atoms with E-state index in [1.54, 1.807) is 18.2 Å². The molecule has 0 saturated carbocycles. The highest BCUT2D eigenvalue weighted by Crippen LogP contribution is 2.26. The number of nitro benzene ring substituents is 1. The Labute approximate surface area is 147 Å². The molecule has 0 aliphatic rings. The van der Waals surface area contributed by atoms with Crippen LogP contribution in [0.1, 0.15) is 22.8 Å². The number of rotatable bonds is 5. The van der Waals surface area contributed by atoms with Gasteiger partial charge in [0.2, 0.25) is 0 Å². The van der Waals surface area contributed by atoms with Crippen molar-refractivity contribution in [2.24, 2.45) is 0 Å². The van der Waals surface area contributed by atoms with Gasteiger partial charge in [0, 0.05) is 22.2 Å². The monoisotopic (exact) mass is 387 g/mol. The molecular formula is C18H14BrNO4. The van der Waals surface area contributed by atoms with Crippen molar-refractivity contribution in [1.82, 2.24) is 0 Å². The number of hydrogen-bond acceptors (Lipinski definition) is 4. The van der Waals surface area contributed by atoms with Crippen molar-refractivity contribution in [1.29, 1.82) is 0 Å². The summed E-state index contributed by atoms with van der Waals surface area (Å²) in [5, 5.41) is 10.6. The lowest BCUT2D eigenvalue weighted by molar-refractivity contribution is -0.384. The average molecular weight is 388 g/mol. The molecule has 0 aliphatic carbocycles. The molecule has 0 bridgehead atoms. The standard InChI is InChI=1S/C18H14BrNO4/c1-12(2)16(19)11-14-5-3-4-6-17(14)24-18(21)13-7-9-15(10-8-13)20(22)23/h3-11H,1H2,2H3/b16-11-. The molecule has 0 spiro atoms. The zero-order chi connectivity index (χ0) is 17.7. The SMILES string of the molecule is C=C(C)/C(Br)=C/c1ccccc1OC(=O)c1ccc([N+](=O)[O-])cc1. The van der Waals surface area contributed by atoms with Crippen LogP contribution in [-0.4, -0.2) is 10.9 Å². The van der Waals surface area contributed by atoms with Crippen molar-refractivity contribution in [3.05, 3.63) is 86.4 Å². The van der Waals surface area contributed by atoms with Crippen LogP contribution in [0.4, 0.5) is 5.69 Å². The molecule has 24 heavy (non-hydrogen) atoms. The summed E-state index contributed by atoms with van der Waals surface area (Å²) < 4.78 is 6.20. The number of esters is 1. The Morgan fingerprint density at radius 1 is 1.21 bits per heavy atom. The second-order valence-electron chi connectivity index (χ2n) is 5.00. The summed E-state index contributed by atoms with van der Waals surface area (Å²) >= 11 is 3.40. The lowest BCUT2D eigenvalue weighted by Crippen LogP contribution is -2.09. The van der Waals surface area contributed by atoms with Crippen LogP contribution >= 0.6 is 15.9 Å². The molecule has 0 saturated heterocycles. The van der Waals surface area contributed by atoms with Gasteiger partial charge in [0.05, 0.1) is 10.5 Å². The number of nitro groups is 1. The fourth-order valence-electron chi connectivity index (χ4n) is 1.83. The number of carbonyl (C=O) groups is 1. The summed E-state index contributed by atoms with van der Waals surface area (Å²) in [6, 6.07) is 12.3. The zero-order valence-corrected chi connectivity index (χ0v) is 14.4. The Morgan fingerprint density at radius 2 is 1.83 bits per heavy atom. The second-order valence-corrected chi connectivity index (χ2v) is 5.86. The Morgan fingerprint density at radius 3 is 2.42 bits per heavy atom. The zero-order valence-electron chi connectivity index (χ0n) is 12.9. The minimum absolute atomic E-state index is 0.0831. The number of ether oxygens (including phenoxy) is 1. The quantitative estimate of drug-likeness (QED) is 0.234. The summed E-state index contributed by atoms with van der Waals surface area (Å²) in [7, 11) is 0. The first-order valence-electron chi connectivity index (χ1n) is 6.97. The molecule has 2 rings (SSSR count). The van der Waals surface area contributed by atoms with E-state index in [1.807, 2.05) is 19.1 Å². The molecule has 0 radical (unpaired) electrons. The molecule has 2 aromatic rings. The highest BCUT2D eigenvalue weighted by Gasteiger charge is 2.13. The lowest BCUT2D eigenvalue weighted by Gasteiger charge is -2.08. The maximum absolute atomic E-state index is 12.2. The molecule has 6 heteroatoms. The van der Waals surface area contributed by atoms with Crippen LogP contribution < -0.4 is 4.74 Å². The number of nitrogens with zero attached hydrogens (tertiary/aromatic N) is 1. The third kappa shape index (κ3) is 4.39. The number of para-hydroxylation sites is 1. The van der Waals surface area contributed by atoms with Crippen molar-refractivity contribution >= 4 is 33.7 Å². The predicted molar refractivity (Wildman–Crippen MR) is 96.2 cm³/mol. The van der Waals surface area contributed by atoms with Gasteiger partial charge in [0.15, 0.2) is 0 Å². The van der Waals surface area contributed by atoms with E-state index in [-0.39, 0.29) is 11.3 Å². The van der Waals surface area contributed by atoms with Gasteiger partial charge in [-0.2, -0.15) is 0 Å². The molecule has 122 valence electrons. The van der Waals surface area contributed by atoms with Crippen molar-refractivity contribution in [2.75, 3.05) is 0 Å². The van der Waals surface area contributed by atoms with Crippen LogP contribution in [0.15, 0.2) is 65.2 Å². The van der Waals surface area contributed by atoms with Crippen LogP contribution in [0.3, 0.4) is 0 Å². The Kier molecular flexibility index (Phi) is 5.65. The number of benzene rings is 2. The van der Waals surface area contributed by atoms with Gasteiger partial charge < -0.3 is 4.74 Å². The van der Waals surface area contributed by atoms with E-state index in [9.17, 15) is 14.9 Å². The smallest absolute Gasteiger partial charge is 0.343 e. The number of halogens is 1. The summed E-state index contributed by atoms with van der Waals surface area (Å²) in [4.78, 5) is 22.3. The van der Waals surface area contributed by atoms with Gasteiger partial charge >= 0.3 is 5.97 Å². The van der Waals surface area contributed by atoms with Crippen molar-refractivity contribution in [3.8, 4) is 5.75 Å². The summed E-state index contributed by atoms with van der Waals surface area (Å²) in [6.45, 7) is 5.69. The second kappa shape index (κ2) is 7.70. The first-order chi connectivity index (χ1) is 11.4. The predicted octanol–water partition coefficient (Wildman–Crippen LogP) is 5.13. The number of carbonyl (C=O) groups excluding carboxylic acids is 1. The van der Waals surface area contributed by atoms with Crippen LogP contribution in [0.25, 0.3) is 6.08 Å². The van der Waals surface area contributed by atoms with Gasteiger partial charge in [0.1, 0.15) is 5.75 Å². The fraction of sp³-hybridized carbons (Fsp3) is 0.0556. The maximum atomic E-state index is 12.2. The van der Waals surface area contributed by atoms with Gasteiger partial charge in [-0.15, -0.1) is 0 Å². The number of hydrogen-bond donors (Lipinski definition) is 0. The van der Waals surface area contributed by atoms with Gasteiger partial charge in [-0.25, -0.2) is 4.79 Å². The third-order valence-electron chi connectivity index (χ3n) is 3.13. The van der Waals surface area contributed by atoms with Gasteiger partial charge in [0.25, 0.3) is 5.69 Å². The van der Waals surface area contributed by atoms with Gasteiger partial charge in [-0.1, -0.05) is 40.7 Å². The van der Waals surface area contributed by atoms with Gasteiger partial charge in [-0.05, 0) is 36.8 Å². The van der Waals surface area contributed by atoms with Gasteiger partial charge in [-0.3, -0.25) is 10.1 Å². The van der Waals surface area contributed by atoms with E-state index >= 15 is 0 Å². The molecule has 0 unspecified atom stereocenters. The molecule has 0 atom stereocenters. The van der Waals surface area contributed by atoms with E-state index in [0.29, 0.717) is 11.3 Å². The largest absolute Gasteiger partial charge is 0.422 e. The first-order valence-corrected chi connectivity index (χ1v) is 7.76. The molecule has 0 heterocycles. The van der Waals surface area contributed by atoms with Crippen LogP contribution in [0.2, 0.25) is 0 Å². The molecule has 0 fully saturated rings. The maximum Gasteiger partial charge on any atom is 0.343 e. The number of allylic oxidation sites excluding steroid dienone is 2. The number of non-ortho nitro benzene ring substituents is 1.